The van der Waals surface area contributed by atoms with Crippen LogP contribution in [0, 0.1) is 5.92 Å². The standard InChI is InChI=1S/C23H30N2O2/c1-24(27-2)23(26)22(16-19-14-9-15-19)25(17-20-10-5-3-6-11-20)18-21-12-7-4-8-13-21/h3-8,10-13,19,22H,9,14-18H2,1-2H3. The molecule has 0 radical (unpaired) electrons. The van der Waals surface area contributed by atoms with Gasteiger partial charge >= 0.3 is 0 Å². The van der Waals surface area contributed by atoms with Gasteiger partial charge in [-0.25, -0.2) is 5.06 Å². The van der Waals surface area contributed by atoms with Crippen LogP contribution < -0.4 is 0 Å². The van der Waals surface area contributed by atoms with E-state index in [1.807, 2.05) is 12.1 Å². The van der Waals surface area contributed by atoms with Gasteiger partial charge in [-0.3, -0.25) is 14.5 Å². The second-order valence-electron chi connectivity index (χ2n) is 7.44. The highest BCUT2D eigenvalue weighted by atomic mass is 16.7. The molecule has 1 unspecified atom stereocenters. The fourth-order valence-electron chi connectivity index (χ4n) is 3.66. The Bertz CT molecular complexity index is 659. The van der Waals surface area contributed by atoms with Crippen molar-refractivity contribution in [2.24, 2.45) is 5.92 Å². The second kappa shape index (κ2) is 9.67. The van der Waals surface area contributed by atoms with Crippen molar-refractivity contribution in [2.45, 2.75) is 44.8 Å². The molecule has 1 fully saturated rings. The monoisotopic (exact) mass is 366 g/mol. The molecule has 1 atom stereocenters. The molecule has 1 aliphatic carbocycles. The fraction of sp³-hybridized carbons (Fsp3) is 0.435. The summed E-state index contributed by atoms with van der Waals surface area (Å²) in [7, 11) is 3.26. The van der Waals surface area contributed by atoms with E-state index in [0.717, 1.165) is 19.5 Å². The Balaban J connectivity index is 1.85. The Morgan fingerprint density at radius 1 is 1.00 bits per heavy atom. The maximum Gasteiger partial charge on any atom is 0.263 e. The van der Waals surface area contributed by atoms with Crippen LogP contribution in [-0.4, -0.2) is 36.1 Å². The zero-order valence-corrected chi connectivity index (χ0v) is 16.4. The number of carbonyl (C=O) groups excluding carboxylic acids is 1. The maximum atomic E-state index is 13.1. The van der Waals surface area contributed by atoms with Crippen LogP contribution in [0.4, 0.5) is 0 Å². The van der Waals surface area contributed by atoms with Crippen LogP contribution in [-0.2, 0) is 22.7 Å². The first-order chi connectivity index (χ1) is 13.2. The minimum absolute atomic E-state index is 0.0382. The number of hydrogen-bond donors (Lipinski definition) is 0. The molecule has 4 heteroatoms. The second-order valence-corrected chi connectivity index (χ2v) is 7.44. The Morgan fingerprint density at radius 3 is 1.93 bits per heavy atom. The highest BCUT2D eigenvalue weighted by molar-refractivity contribution is 5.80. The molecule has 0 N–H and O–H groups in total. The molecule has 2 aromatic rings. The van der Waals surface area contributed by atoms with Crippen molar-refractivity contribution < 1.29 is 9.63 Å². The highest BCUT2D eigenvalue weighted by Crippen LogP contribution is 2.33. The fourth-order valence-corrected chi connectivity index (χ4v) is 3.66. The van der Waals surface area contributed by atoms with Gasteiger partial charge in [0.05, 0.1) is 13.2 Å². The molecule has 1 amide bonds. The van der Waals surface area contributed by atoms with Gasteiger partial charge in [-0.05, 0) is 23.5 Å². The lowest BCUT2D eigenvalue weighted by atomic mass is 9.80. The van der Waals surface area contributed by atoms with Gasteiger partial charge in [0.2, 0.25) is 0 Å². The van der Waals surface area contributed by atoms with Crippen molar-refractivity contribution in [3.05, 3.63) is 71.8 Å². The molecular formula is C23H30N2O2. The van der Waals surface area contributed by atoms with E-state index >= 15 is 0 Å². The minimum Gasteiger partial charge on any atom is -0.283 e. The van der Waals surface area contributed by atoms with Crippen molar-refractivity contribution in [3.8, 4) is 0 Å². The van der Waals surface area contributed by atoms with E-state index < -0.39 is 0 Å². The van der Waals surface area contributed by atoms with E-state index in [0.29, 0.717) is 5.92 Å². The topological polar surface area (TPSA) is 32.8 Å². The smallest absolute Gasteiger partial charge is 0.263 e. The summed E-state index contributed by atoms with van der Waals surface area (Å²) in [6, 6.07) is 20.6. The first kappa shape index (κ1) is 19.6. The van der Waals surface area contributed by atoms with E-state index in [9.17, 15) is 4.79 Å². The zero-order chi connectivity index (χ0) is 19.1. The SMILES string of the molecule is CON(C)C(=O)C(CC1CCC1)N(Cc1ccccc1)Cc1ccccc1. The molecule has 0 bridgehead atoms. The number of benzene rings is 2. The van der Waals surface area contributed by atoms with Crippen LogP contribution in [0.25, 0.3) is 0 Å². The number of likely N-dealkylation sites (N-methyl/N-ethyl adjacent to an activating group) is 1. The van der Waals surface area contributed by atoms with Crippen molar-refractivity contribution in [1.29, 1.82) is 0 Å². The Labute approximate surface area is 162 Å². The van der Waals surface area contributed by atoms with E-state index in [1.165, 1.54) is 35.5 Å². The normalized spacial score (nSPS) is 15.4. The summed E-state index contributed by atoms with van der Waals surface area (Å²) in [6.07, 6.45) is 4.63. The molecule has 0 spiro atoms. The minimum atomic E-state index is -0.180. The van der Waals surface area contributed by atoms with E-state index in [1.54, 1.807) is 14.2 Å². The summed E-state index contributed by atoms with van der Waals surface area (Å²) in [6.45, 7) is 1.49. The summed E-state index contributed by atoms with van der Waals surface area (Å²) in [5, 5.41) is 1.38. The summed E-state index contributed by atoms with van der Waals surface area (Å²) in [5.41, 5.74) is 2.44. The summed E-state index contributed by atoms with van der Waals surface area (Å²) < 4.78 is 0. The lowest BCUT2D eigenvalue weighted by Gasteiger charge is -2.37. The van der Waals surface area contributed by atoms with E-state index in [4.69, 9.17) is 4.84 Å². The summed E-state index contributed by atoms with van der Waals surface area (Å²) in [4.78, 5) is 20.7. The molecule has 2 aromatic carbocycles. The van der Waals surface area contributed by atoms with Gasteiger partial charge in [0.25, 0.3) is 5.91 Å². The Kier molecular flexibility index (Phi) is 7.02. The summed E-state index contributed by atoms with van der Waals surface area (Å²) >= 11 is 0. The van der Waals surface area contributed by atoms with Gasteiger partial charge in [0.15, 0.2) is 0 Å². The van der Waals surface area contributed by atoms with E-state index in [2.05, 4.69) is 53.4 Å². The van der Waals surface area contributed by atoms with Gasteiger partial charge in [-0.2, -0.15) is 0 Å². The first-order valence-electron chi connectivity index (χ1n) is 9.81. The number of hydroxylamine groups is 2. The zero-order valence-electron chi connectivity index (χ0n) is 16.4. The van der Waals surface area contributed by atoms with Gasteiger partial charge in [0, 0.05) is 20.1 Å². The van der Waals surface area contributed by atoms with Crippen LogP contribution in [0.5, 0.6) is 0 Å². The number of carbonyl (C=O) groups is 1. The predicted molar refractivity (Wildman–Crippen MR) is 108 cm³/mol. The first-order valence-corrected chi connectivity index (χ1v) is 9.81. The lowest BCUT2D eigenvalue weighted by molar-refractivity contribution is -0.176. The highest BCUT2D eigenvalue weighted by Gasteiger charge is 2.33. The number of hydrogen-bond acceptors (Lipinski definition) is 3. The summed E-state index contributed by atoms with van der Waals surface area (Å²) in [5.74, 6) is 0.675. The predicted octanol–water partition coefficient (Wildman–Crippen LogP) is 4.27. The molecule has 3 rings (SSSR count). The largest absolute Gasteiger partial charge is 0.283 e. The molecule has 0 aromatic heterocycles. The molecule has 1 saturated carbocycles. The third-order valence-corrected chi connectivity index (χ3v) is 5.55. The molecule has 0 aliphatic heterocycles. The lowest BCUT2D eigenvalue weighted by Crippen LogP contribution is -2.48. The molecule has 144 valence electrons. The van der Waals surface area contributed by atoms with Crippen molar-refractivity contribution in [3.63, 3.8) is 0 Å². The number of rotatable bonds is 9. The van der Waals surface area contributed by atoms with Gasteiger partial charge in [-0.15, -0.1) is 0 Å². The third kappa shape index (κ3) is 5.41. The average molecular weight is 367 g/mol. The van der Waals surface area contributed by atoms with Crippen molar-refractivity contribution in [2.75, 3.05) is 14.2 Å². The van der Waals surface area contributed by atoms with Crippen LogP contribution in [0.15, 0.2) is 60.7 Å². The average Bonchev–Trinajstić information content (AvgIpc) is 2.67. The van der Waals surface area contributed by atoms with Gasteiger partial charge in [0.1, 0.15) is 0 Å². The number of nitrogens with zero attached hydrogens (tertiary/aromatic N) is 2. The maximum absolute atomic E-state index is 13.1. The van der Waals surface area contributed by atoms with Crippen molar-refractivity contribution in [1.82, 2.24) is 9.96 Å². The molecule has 27 heavy (non-hydrogen) atoms. The molecule has 0 heterocycles. The van der Waals surface area contributed by atoms with Gasteiger partial charge in [-0.1, -0.05) is 79.9 Å². The quantitative estimate of drug-likeness (QED) is 0.622. The Hall–Kier alpha value is -2.17. The molecule has 4 nitrogen and oxygen atoms in total. The van der Waals surface area contributed by atoms with Crippen LogP contribution >= 0.6 is 0 Å². The molecule has 0 saturated heterocycles. The molecular weight excluding hydrogens is 336 g/mol. The molecule has 1 aliphatic rings. The van der Waals surface area contributed by atoms with Gasteiger partial charge < -0.3 is 0 Å². The third-order valence-electron chi connectivity index (χ3n) is 5.55. The Morgan fingerprint density at radius 2 is 1.52 bits per heavy atom. The van der Waals surface area contributed by atoms with Crippen LogP contribution in [0.1, 0.15) is 36.8 Å². The van der Waals surface area contributed by atoms with Crippen LogP contribution in [0.2, 0.25) is 0 Å². The van der Waals surface area contributed by atoms with E-state index in [-0.39, 0.29) is 11.9 Å². The van der Waals surface area contributed by atoms with Crippen LogP contribution in [0.3, 0.4) is 0 Å². The number of amides is 1. The van der Waals surface area contributed by atoms with Crippen molar-refractivity contribution >= 4 is 5.91 Å².